The van der Waals surface area contributed by atoms with Crippen LogP contribution in [0.1, 0.15) is 66.2 Å². The smallest absolute Gasteiger partial charge is 0.299 e. The predicted octanol–water partition coefficient (Wildman–Crippen LogP) is 3.29. The van der Waals surface area contributed by atoms with E-state index in [1.54, 1.807) is 0 Å². The van der Waals surface area contributed by atoms with Crippen LogP contribution in [0.2, 0.25) is 0 Å². The van der Waals surface area contributed by atoms with Crippen LogP contribution in [0.4, 0.5) is 0 Å². The van der Waals surface area contributed by atoms with E-state index in [4.69, 9.17) is 19.2 Å². The van der Waals surface area contributed by atoms with Crippen LogP contribution >= 0.6 is 0 Å². The zero-order valence-electron chi connectivity index (χ0n) is 15.1. The molecule has 3 saturated carbocycles. The molecule has 0 heterocycles. The van der Waals surface area contributed by atoms with Gasteiger partial charge in [-0.15, -0.1) is 0 Å². The van der Waals surface area contributed by atoms with Gasteiger partial charge >= 0.3 is 12.3 Å². The lowest BCUT2D eigenvalue weighted by Gasteiger charge is -2.56. The number of hydrogen-bond acceptors (Lipinski definition) is 5. The SMILES string of the molecule is C[C@@H]1CC[C@@H]2[C@H](CC[C@]3(C)C(=O)CC[C@@H]23)C1(C)C.O=C=O.O=C=O. The van der Waals surface area contributed by atoms with E-state index in [1.807, 2.05) is 0 Å². The Balaban J connectivity index is 0.000000423. The molecule has 0 aliphatic heterocycles. The van der Waals surface area contributed by atoms with Crippen molar-refractivity contribution in [3.8, 4) is 0 Å². The van der Waals surface area contributed by atoms with Crippen molar-refractivity contribution in [2.24, 2.45) is 34.5 Å². The third kappa shape index (κ3) is 3.58. The van der Waals surface area contributed by atoms with Crippen molar-refractivity contribution in [1.29, 1.82) is 0 Å². The summed E-state index contributed by atoms with van der Waals surface area (Å²) in [5, 5.41) is 0. The van der Waals surface area contributed by atoms with Crippen LogP contribution in [0.5, 0.6) is 0 Å². The summed E-state index contributed by atoms with van der Waals surface area (Å²) in [7, 11) is 0. The Bertz CT molecular complexity index is 514. The molecule has 5 nitrogen and oxygen atoms in total. The maximum atomic E-state index is 12.2. The Hall–Kier alpha value is -1.57. The molecule has 0 saturated heterocycles. The van der Waals surface area contributed by atoms with Gasteiger partial charge in [0, 0.05) is 11.8 Å². The highest BCUT2D eigenvalue weighted by Gasteiger charge is 2.57. The van der Waals surface area contributed by atoms with E-state index >= 15 is 0 Å². The summed E-state index contributed by atoms with van der Waals surface area (Å²) in [5.74, 6) is 3.82. The van der Waals surface area contributed by atoms with Crippen molar-refractivity contribution < 1.29 is 24.0 Å². The number of Topliss-reactive ketones (excluding diaryl/α,β-unsaturated/α-hetero) is 1. The summed E-state index contributed by atoms with van der Waals surface area (Å²) in [6, 6.07) is 0. The molecule has 3 aliphatic carbocycles. The molecule has 134 valence electrons. The number of carbonyl (C=O) groups excluding carboxylic acids is 5. The summed E-state index contributed by atoms with van der Waals surface area (Å²) in [6.45, 7) is 9.67. The van der Waals surface area contributed by atoms with Gasteiger partial charge in [0.25, 0.3) is 0 Å². The van der Waals surface area contributed by atoms with Crippen molar-refractivity contribution in [3.63, 3.8) is 0 Å². The van der Waals surface area contributed by atoms with E-state index in [2.05, 4.69) is 27.7 Å². The fourth-order valence-corrected chi connectivity index (χ4v) is 5.56. The maximum Gasteiger partial charge on any atom is 0.373 e. The van der Waals surface area contributed by atoms with Crippen molar-refractivity contribution in [1.82, 2.24) is 0 Å². The van der Waals surface area contributed by atoms with Crippen LogP contribution in [-0.4, -0.2) is 18.1 Å². The molecule has 0 aromatic heterocycles. The molecular weight excluding hydrogens is 308 g/mol. The molecule has 3 fully saturated rings. The number of hydrogen-bond donors (Lipinski definition) is 0. The van der Waals surface area contributed by atoms with Gasteiger partial charge in [-0.05, 0) is 61.2 Å². The molecule has 3 aliphatic rings. The Morgan fingerprint density at radius 1 is 0.875 bits per heavy atom. The second kappa shape index (κ2) is 8.00. The van der Waals surface area contributed by atoms with Gasteiger partial charge in [0.05, 0.1) is 0 Å². The van der Waals surface area contributed by atoms with Gasteiger partial charge in [0.2, 0.25) is 0 Å². The first kappa shape index (κ1) is 20.5. The first-order valence-electron chi connectivity index (χ1n) is 8.72. The van der Waals surface area contributed by atoms with Crippen LogP contribution < -0.4 is 0 Å². The molecule has 0 radical (unpaired) electrons. The molecule has 0 aromatic carbocycles. The van der Waals surface area contributed by atoms with Gasteiger partial charge in [-0.2, -0.15) is 19.2 Å². The van der Waals surface area contributed by atoms with Crippen molar-refractivity contribution >= 4 is 18.1 Å². The molecule has 0 N–H and O–H groups in total. The van der Waals surface area contributed by atoms with Crippen molar-refractivity contribution in [2.75, 3.05) is 0 Å². The van der Waals surface area contributed by atoms with Gasteiger partial charge in [0.1, 0.15) is 5.78 Å². The van der Waals surface area contributed by atoms with Crippen LogP contribution in [0, 0.1) is 34.5 Å². The number of carbonyl (C=O) groups is 1. The van der Waals surface area contributed by atoms with Gasteiger partial charge in [0.15, 0.2) is 0 Å². The number of ketones is 1. The summed E-state index contributed by atoms with van der Waals surface area (Å²) in [4.78, 5) is 44.7. The Kier molecular flexibility index (Phi) is 6.83. The molecule has 0 spiro atoms. The van der Waals surface area contributed by atoms with Gasteiger partial charge in [-0.25, -0.2) is 0 Å². The van der Waals surface area contributed by atoms with Crippen molar-refractivity contribution in [3.05, 3.63) is 0 Å². The highest BCUT2D eigenvalue weighted by molar-refractivity contribution is 5.87. The second-order valence-electron chi connectivity index (χ2n) is 8.26. The van der Waals surface area contributed by atoms with E-state index in [9.17, 15) is 4.79 Å². The summed E-state index contributed by atoms with van der Waals surface area (Å²) in [6.07, 6.45) is 7.74. The van der Waals surface area contributed by atoms with Gasteiger partial charge < -0.3 is 0 Å². The molecule has 5 atom stereocenters. The zero-order chi connectivity index (χ0) is 18.5. The minimum atomic E-state index is 0.0534. The van der Waals surface area contributed by atoms with Crippen LogP contribution in [0.3, 0.4) is 0 Å². The van der Waals surface area contributed by atoms with Crippen LogP contribution in [0.25, 0.3) is 0 Å². The normalized spacial score (nSPS) is 38.8. The fraction of sp³-hybridized carbons (Fsp3) is 0.842. The molecule has 0 bridgehead atoms. The Morgan fingerprint density at radius 2 is 1.42 bits per heavy atom. The van der Waals surface area contributed by atoms with Crippen molar-refractivity contribution in [2.45, 2.75) is 66.2 Å². The third-order valence-electron chi connectivity index (χ3n) is 7.30. The fourth-order valence-electron chi connectivity index (χ4n) is 5.56. The lowest BCUT2D eigenvalue weighted by Crippen LogP contribution is -2.50. The highest BCUT2D eigenvalue weighted by atomic mass is 16.2. The van der Waals surface area contributed by atoms with E-state index in [0.717, 1.165) is 30.6 Å². The monoisotopic (exact) mass is 336 g/mol. The largest absolute Gasteiger partial charge is 0.373 e. The highest BCUT2D eigenvalue weighted by Crippen LogP contribution is 2.62. The third-order valence-corrected chi connectivity index (χ3v) is 7.30. The topological polar surface area (TPSA) is 85.3 Å². The van der Waals surface area contributed by atoms with Crippen LogP contribution in [-0.2, 0) is 24.0 Å². The minimum Gasteiger partial charge on any atom is -0.299 e. The maximum absolute atomic E-state index is 12.2. The molecular formula is C19H28O5. The summed E-state index contributed by atoms with van der Waals surface area (Å²) < 4.78 is 0. The van der Waals surface area contributed by atoms with E-state index in [1.165, 1.54) is 25.7 Å². The number of rotatable bonds is 0. The lowest BCUT2D eigenvalue weighted by molar-refractivity contribution is -0.193. The average Bonchev–Trinajstić information content (AvgIpc) is 2.81. The van der Waals surface area contributed by atoms with E-state index < -0.39 is 0 Å². The molecule has 5 heteroatoms. The Labute approximate surface area is 143 Å². The van der Waals surface area contributed by atoms with Gasteiger partial charge in [-0.3, -0.25) is 4.79 Å². The number of fused-ring (bicyclic) bond motifs is 3. The second-order valence-corrected chi connectivity index (χ2v) is 8.26. The van der Waals surface area contributed by atoms with Crippen LogP contribution in [0.15, 0.2) is 0 Å². The summed E-state index contributed by atoms with van der Waals surface area (Å²) >= 11 is 0. The predicted molar refractivity (Wildman–Crippen MR) is 84.2 cm³/mol. The van der Waals surface area contributed by atoms with Gasteiger partial charge in [-0.1, -0.05) is 27.7 Å². The Morgan fingerprint density at radius 3 is 1.96 bits per heavy atom. The molecule has 0 aromatic rings. The quantitative estimate of drug-likeness (QED) is 0.677. The average molecular weight is 336 g/mol. The standard InChI is InChI=1S/C17H28O.2CO2/c1-11-5-6-12-13(16(11,2)3)9-10-17(4)14(12)7-8-15(17)18;2*2-1-3/h11-14H,5-10H2,1-4H3;;/t11-,12-,13+,14+,17+;;/m1../s1. The first-order chi connectivity index (χ1) is 11.2. The van der Waals surface area contributed by atoms with E-state index in [-0.39, 0.29) is 17.7 Å². The molecule has 0 unspecified atom stereocenters. The lowest BCUT2D eigenvalue weighted by atomic mass is 9.48. The molecule has 3 rings (SSSR count). The first-order valence-corrected chi connectivity index (χ1v) is 8.72. The zero-order valence-corrected chi connectivity index (χ0v) is 15.1. The van der Waals surface area contributed by atoms with E-state index in [0.29, 0.717) is 17.1 Å². The minimum absolute atomic E-state index is 0.0534. The molecule has 24 heavy (non-hydrogen) atoms. The summed E-state index contributed by atoms with van der Waals surface area (Å²) in [5.41, 5.74) is 0.535. The molecule has 0 amide bonds.